The molecule has 0 saturated heterocycles. The quantitative estimate of drug-likeness (QED) is 0.764. The lowest BCUT2D eigenvalue weighted by Gasteiger charge is -2.31. The van der Waals surface area contributed by atoms with E-state index < -0.39 is 0 Å². The average molecular weight is 402 g/mol. The molecule has 7 heteroatoms. The number of hydrogen-bond donors (Lipinski definition) is 1. The van der Waals surface area contributed by atoms with Gasteiger partial charge in [-0.05, 0) is 36.0 Å². The van der Waals surface area contributed by atoms with Gasteiger partial charge in [0.05, 0.1) is 12.2 Å². The molecule has 150 valence electrons. The molecule has 1 aliphatic heterocycles. The van der Waals surface area contributed by atoms with Crippen molar-refractivity contribution in [3.8, 4) is 5.75 Å². The Labute approximate surface area is 169 Å². The normalized spacial score (nSPS) is 13.9. The third-order valence-corrected chi connectivity index (χ3v) is 6.01. The molecule has 0 saturated carbocycles. The molecule has 1 aromatic carbocycles. The van der Waals surface area contributed by atoms with E-state index in [1.165, 1.54) is 11.3 Å². The molecule has 0 unspecified atom stereocenters. The SMILES string of the molecule is CCCNC(=O)c1csc(CN2C(=O)COc3ccc(C(C)(C)CC)cc32)n1. The fraction of sp³-hybridized carbons (Fsp3) is 0.476. The number of anilines is 1. The lowest BCUT2D eigenvalue weighted by atomic mass is 9.82. The molecule has 0 spiro atoms. The maximum atomic E-state index is 12.6. The molecule has 0 fully saturated rings. The highest BCUT2D eigenvalue weighted by molar-refractivity contribution is 7.09. The maximum absolute atomic E-state index is 12.6. The highest BCUT2D eigenvalue weighted by Crippen LogP contribution is 2.38. The summed E-state index contributed by atoms with van der Waals surface area (Å²) in [5, 5.41) is 5.29. The first-order chi connectivity index (χ1) is 13.4. The second-order valence-electron chi connectivity index (χ2n) is 7.57. The summed E-state index contributed by atoms with van der Waals surface area (Å²) in [6.45, 7) is 9.49. The number of carbonyl (C=O) groups is 2. The standard InChI is InChI=1S/C21H27N3O3S/c1-5-9-22-20(26)15-13-28-18(23-15)11-24-16-10-14(21(3,4)6-2)7-8-17(16)27-12-19(24)25/h7-8,10,13H,5-6,9,11-12H2,1-4H3,(H,22,26). The zero-order valence-electron chi connectivity index (χ0n) is 16.9. The molecule has 2 heterocycles. The number of thiazole rings is 1. The van der Waals surface area contributed by atoms with Gasteiger partial charge in [0.2, 0.25) is 0 Å². The van der Waals surface area contributed by atoms with Crippen molar-refractivity contribution in [2.24, 2.45) is 0 Å². The van der Waals surface area contributed by atoms with Crippen molar-refractivity contribution in [1.29, 1.82) is 0 Å². The molecule has 6 nitrogen and oxygen atoms in total. The molecule has 2 aromatic rings. The first-order valence-electron chi connectivity index (χ1n) is 9.66. The van der Waals surface area contributed by atoms with E-state index in [-0.39, 0.29) is 23.8 Å². The van der Waals surface area contributed by atoms with Crippen molar-refractivity contribution in [2.45, 2.75) is 52.5 Å². The monoisotopic (exact) mass is 401 g/mol. The molecule has 0 atom stereocenters. The summed E-state index contributed by atoms with van der Waals surface area (Å²) in [6, 6.07) is 6.04. The van der Waals surface area contributed by atoms with Gasteiger partial charge in [-0.2, -0.15) is 0 Å². The van der Waals surface area contributed by atoms with Crippen LogP contribution in [0.5, 0.6) is 5.75 Å². The summed E-state index contributed by atoms with van der Waals surface area (Å²) < 4.78 is 5.62. The number of hydrogen-bond acceptors (Lipinski definition) is 5. The summed E-state index contributed by atoms with van der Waals surface area (Å²) in [7, 11) is 0. The van der Waals surface area contributed by atoms with Crippen molar-refractivity contribution in [2.75, 3.05) is 18.1 Å². The number of fused-ring (bicyclic) bond motifs is 1. The second kappa shape index (κ2) is 8.31. The Balaban J connectivity index is 1.85. The second-order valence-corrected chi connectivity index (χ2v) is 8.51. The number of nitrogens with one attached hydrogen (secondary N) is 1. The Morgan fingerprint density at radius 2 is 2.14 bits per heavy atom. The van der Waals surface area contributed by atoms with Crippen LogP contribution in [0.15, 0.2) is 23.6 Å². The smallest absolute Gasteiger partial charge is 0.270 e. The van der Waals surface area contributed by atoms with Gasteiger partial charge in [0.25, 0.3) is 11.8 Å². The van der Waals surface area contributed by atoms with E-state index in [0.29, 0.717) is 24.5 Å². The van der Waals surface area contributed by atoms with Gasteiger partial charge in [-0.15, -0.1) is 11.3 Å². The van der Waals surface area contributed by atoms with E-state index in [0.717, 1.165) is 29.1 Å². The number of carbonyl (C=O) groups excluding carboxylic acids is 2. The molecule has 0 radical (unpaired) electrons. The first-order valence-corrected chi connectivity index (χ1v) is 10.5. The highest BCUT2D eigenvalue weighted by atomic mass is 32.1. The van der Waals surface area contributed by atoms with Crippen LogP contribution in [0, 0.1) is 0 Å². The van der Waals surface area contributed by atoms with Crippen molar-refractivity contribution < 1.29 is 14.3 Å². The molecule has 1 aromatic heterocycles. The van der Waals surface area contributed by atoms with Crippen molar-refractivity contribution >= 4 is 28.8 Å². The molecule has 2 amide bonds. The van der Waals surface area contributed by atoms with E-state index in [1.54, 1.807) is 10.3 Å². The summed E-state index contributed by atoms with van der Waals surface area (Å²) in [4.78, 5) is 30.8. The van der Waals surface area contributed by atoms with Crippen LogP contribution in [-0.2, 0) is 16.8 Å². The Bertz CT molecular complexity index is 876. The van der Waals surface area contributed by atoms with Crippen LogP contribution in [0.4, 0.5) is 5.69 Å². The van der Waals surface area contributed by atoms with Crippen molar-refractivity contribution in [3.05, 3.63) is 39.8 Å². The van der Waals surface area contributed by atoms with Crippen molar-refractivity contribution in [1.82, 2.24) is 10.3 Å². The fourth-order valence-corrected chi connectivity index (χ4v) is 3.71. The van der Waals surface area contributed by atoms with E-state index >= 15 is 0 Å². The largest absolute Gasteiger partial charge is 0.482 e. The summed E-state index contributed by atoms with van der Waals surface area (Å²) in [6.07, 6.45) is 1.86. The minimum absolute atomic E-state index is 0.00686. The predicted molar refractivity (Wildman–Crippen MR) is 111 cm³/mol. The molecule has 28 heavy (non-hydrogen) atoms. The van der Waals surface area contributed by atoms with Crippen LogP contribution in [0.2, 0.25) is 0 Å². The molecule has 3 rings (SSSR count). The van der Waals surface area contributed by atoms with Gasteiger partial charge in [0.15, 0.2) is 6.61 Å². The topological polar surface area (TPSA) is 71.5 Å². The molecule has 1 aliphatic rings. The first kappa shape index (κ1) is 20.3. The van der Waals surface area contributed by atoms with E-state index in [2.05, 4.69) is 37.1 Å². The summed E-state index contributed by atoms with van der Waals surface area (Å²) >= 11 is 1.39. The van der Waals surface area contributed by atoms with Crippen LogP contribution < -0.4 is 15.0 Å². The van der Waals surface area contributed by atoms with E-state index in [1.807, 2.05) is 19.1 Å². The van der Waals surface area contributed by atoms with Crippen LogP contribution >= 0.6 is 11.3 Å². The van der Waals surface area contributed by atoms with E-state index in [4.69, 9.17) is 4.74 Å². The predicted octanol–water partition coefficient (Wildman–Crippen LogP) is 3.90. The zero-order chi connectivity index (χ0) is 20.3. The fourth-order valence-electron chi connectivity index (χ4n) is 2.95. The average Bonchev–Trinajstić information content (AvgIpc) is 3.16. The Morgan fingerprint density at radius 1 is 1.36 bits per heavy atom. The lowest BCUT2D eigenvalue weighted by molar-refractivity contribution is -0.121. The third-order valence-electron chi connectivity index (χ3n) is 5.18. The van der Waals surface area contributed by atoms with Gasteiger partial charge in [0.1, 0.15) is 16.5 Å². The summed E-state index contributed by atoms with van der Waals surface area (Å²) in [5.41, 5.74) is 2.33. The third kappa shape index (κ3) is 4.19. The zero-order valence-corrected chi connectivity index (χ0v) is 17.7. The van der Waals surface area contributed by atoms with Gasteiger partial charge >= 0.3 is 0 Å². The molecule has 0 aliphatic carbocycles. The van der Waals surface area contributed by atoms with Gasteiger partial charge in [-0.1, -0.05) is 33.8 Å². The van der Waals surface area contributed by atoms with Gasteiger partial charge in [-0.25, -0.2) is 4.98 Å². The molecule has 0 bridgehead atoms. The number of aromatic nitrogens is 1. The van der Waals surface area contributed by atoms with Crippen LogP contribution in [-0.4, -0.2) is 29.9 Å². The highest BCUT2D eigenvalue weighted by Gasteiger charge is 2.29. The molecular formula is C21H27N3O3S. The van der Waals surface area contributed by atoms with Gasteiger partial charge in [-0.3, -0.25) is 14.5 Å². The molecular weight excluding hydrogens is 374 g/mol. The maximum Gasteiger partial charge on any atom is 0.270 e. The minimum atomic E-state index is -0.176. The number of benzene rings is 1. The van der Waals surface area contributed by atoms with Crippen LogP contribution in [0.1, 0.15) is 61.6 Å². The Morgan fingerprint density at radius 3 is 2.86 bits per heavy atom. The Hall–Kier alpha value is -2.41. The molecule has 1 N–H and O–H groups in total. The summed E-state index contributed by atoms with van der Waals surface area (Å²) in [5.74, 6) is 0.420. The van der Waals surface area contributed by atoms with Crippen molar-refractivity contribution in [3.63, 3.8) is 0 Å². The number of ether oxygens (including phenoxy) is 1. The lowest BCUT2D eigenvalue weighted by Crippen LogP contribution is -2.38. The van der Waals surface area contributed by atoms with Crippen LogP contribution in [0.25, 0.3) is 0 Å². The number of amides is 2. The Kier molecular flexibility index (Phi) is 6.03. The number of nitrogens with zero attached hydrogens (tertiary/aromatic N) is 2. The minimum Gasteiger partial charge on any atom is -0.482 e. The number of rotatable bonds is 7. The van der Waals surface area contributed by atoms with Crippen LogP contribution in [0.3, 0.4) is 0 Å². The van der Waals surface area contributed by atoms with Gasteiger partial charge in [0, 0.05) is 11.9 Å². The van der Waals surface area contributed by atoms with E-state index in [9.17, 15) is 9.59 Å². The van der Waals surface area contributed by atoms with Gasteiger partial charge < -0.3 is 10.1 Å².